The number of hydrogen-bond donors (Lipinski definition) is 0. The van der Waals surface area contributed by atoms with Crippen LogP contribution in [-0.2, 0) is 9.53 Å². The normalized spacial score (nSPS) is 11.7. The fraction of sp³-hybridized carbons (Fsp3) is 0.286. The van der Waals surface area contributed by atoms with Crippen molar-refractivity contribution in [1.82, 2.24) is 14.8 Å². The lowest BCUT2D eigenvalue weighted by Gasteiger charge is -2.08. The topological polar surface area (TPSA) is 75.5 Å². The number of hydrogen-bond acceptors (Lipinski definition) is 7. The molecule has 7 nitrogen and oxygen atoms in total. The van der Waals surface area contributed by atoms with Crippen LogP contribution in [0.25, 0.3) is 17.1 Å². The van der Waals surface area contributed by atoms with Crippen LogP contribution in [-0.4, -0.2) is 46.8 Å². The Bertz CT molecular complexity index is 890. The number of rotatable bonds is 8. The zero-order valence-electron chi connectivity index (χ0n) is 16.8. The number of thioether (sulfide) groups is 1. The molecular weight excluding hydrogens is 390 g/mol. The summed E-state index contributed by atoms with van der Waals surface area (Å²) in [4.78, 5) is 16.7. The van der Waals surface area contributed by atoms with Crippen LogP contribution in [0.5, 0.6) is 11.5 Å². The molecule has 0 saturated carbocycles. The summed E-state index contributed by atoms with van der Waals surface area (Å²) >= 11 is 1.26. The molecular formula is C21H23N3O4S. The first-order chi connectivity index (χ1) is 14.0. The van der Waals surface area contributed by atoms with Gasteiger partial charge in [-0.3, -0.25) is 4.79 Å². The molecule has 3 aromatic rings. The maximum atomic E-state index is 12.0. The molecule has 1 aromatic heterocycles. The van der Waals surface area contributed by atoms with Crippen molar-refractivity contribution in [2.45, 2.75) is 24.3 Å². The van der Waals surface area contributed by atoms with Gasteiger partial charge in [0.05, 0.1) is 26.5 Å². The van der Waals surface area contributed by atoms with Gasteiger partial charge in [-0.2, -0.15) is 0 Å². The number of esters is 1. The summed E-state index contributed by atoms with van der Waals surface area (Å²) in [5, 5.41) is 4.71. The van der Waals surface area contributed by atoms with Crippen LogP contribution >= 0.6 is 11.8 Å². The zero-order valence-corrected chi connectivity index (χ0v) is 17.6. The quantitative estimate of drug-likeness (QED) is 0.408. The van der Waals surface area contributed by atoms with Crippen molar-refractivity contribution in [3.8, 4) is 28.6 Å². The van der Waals surface area contributed by atoms with Crippen LogP contribution in [0.2, 0.25) is 0 Å². The molecule has 8 heteroatoms. The van der Waals surface area contributed by atoms with E-state index in [0.717, 1.165) is 22.7 Å². The number of benzene rings is 2. The van der Waals surface area contributed by atoms with Crippen molar-refractivity contribution in [3.05, 3.63) is 48.5 Å². The summed E-state index contributed by atoms with van der Waals surface area (Å²) in [7, 11) is 3.25. The van der Waals surface area contributed by atoms with E-state index >= 15 is 0 Å². The first-order valence-electron chi connectivity index (χ1n) is 9.15. The number of ether oxygens (including phenoxy) is 3. The van der Waals surface area contributed by atoms with E-state index in [-0.39, 0.29) is 5.97 Å². The summed E-state index contributed by atoms with van der Waals surface area (Å²) in [5.74, 6) is 1.89. The maximum absolute atomic E-state index is 12.0. The molecule has 0 amide bonds. The molecule has 3 rings (SSSR count). The molecule has 0 aliphatic carbocycles. The van der Waals surface area contributed by atoms with E-state index in [2.05, 4.69) is 10.1 Å². The second kappa shape index (κ2) is 9.47. The Morgan fingerprint density at radius 3 is 2.17 bits per heavy atom. The molecule has 1 unspecified atom stereocenters. The maximum Gasteiger partial charge on any atom is 0.319 e. The standard InChI is InChI=1S/C21H23N3O4S/c1-5-28-20(25)14(2)29-21-22-19(15-6-10-17(26-3)11-7-15)24(23-21)16-8-12-18(27-4)13-9-16/h6-14H,5H2,1-4H3. The van der Waals surface area contributed by atoms with E-state index in [0.29, 0.717) is 17.6 Å². The Balaban J connectivity index is 1.99. The van der Waals surface area contributed by atoms with E-state index in [1.165, 1.54) is 11.8 Å². The SMILES string of the molecule is CCOC(=O)C(C)Sc1nc(-c2ccc(OC)cc2)n(-c2ccc(OC)cc2)n1. The third kappa shape index (κ3) is 4.89. The van der Waals surface area contributed by atoms with Crippen LogP contribution in [0.4, 0.5) is 0 Å². The molecule has 1 heterocycles. The average Bonchev–Trinajstić information content (AvgIpc) is 3.17. The Kier molecular flexibility index (Phi) is 6.77. The third-order valence-corrected chi connectivity index (χ3v) is 5.08. The minimum Gasteiger partial charge on any atom is -0.497 e. The number of carbonyl (C=O) groups is 1. The lowest BCUT2D eigenvalue weighted by Crippen LogP contribution is -2.16. The molecule has 0 radical (unpaired) electrons. The largest absolute Gasteiger partial charge is 0.497 e. The zero-order chi connectivity index (χ0) is 20.8. The van der Waals surface area contributed by atoms with Gasteiger partial charge in [0.2, 0.25) is 5.16 Å². The number of nitrogens with zero attached hydrogens (tertiary/aromatic N) is 3. The summed E-state index contributed by atoms with van der Waals surface area (Å²) in [6.45, 7) is 3.91. The Hall–Kier alpha value is -3.00. The van der Waals surface area contributed by atoms with E-state index in [1.807, 2.05) is 48.5 Å². The Morgan fingerprint density at radius 1 is 1.03 bits per heavy atom. The summed E-state index contributed by atoms with van der Waals surface area (Å²) in [5.41, 5.74) is 1.71. The van der Waals surface area contributed by atoms with Crippen molar-refractivity contribution < 1.29 is 19.0 Å². The van der Waals surface area contributed by atoms with Gasteiger partial charge in [0, 0.05) is 5.56 Å². The molecule has 1 atom stereocenters. The van der Waals surface area contributed by atoms with Gasteiger partial charge in [-0.15, -0.1) is 5.10 Å². The van der Waals surface area contributed by atoms with Crippen LogP contribution in [0.15, 0.2) is 53.7 Å². The van der Waals surface area contributed by atoms with Crippen molar-refractivity contribution in [2.75, 3.05) is 20.8 Å². The number of aromatic nitrogens is 3. The average molecular weight is 413 g/mol. The highest BCUT2D eigenvalue weighted by Gasteiger charge is 2.21. The second-order valence-electron chi connectivity index (χ2n) is 6.07. The van der Waals surface area contributed by atoms with Crippen LogP contribution in [0.3, 0.4) is 0 Å². The smallest absolute Gasteiger partial charge is 0.319 e. The number of carbonyl (C=O) groups excluding carboxylic acids is 1. The van der Waals surface area contributed by atoms with Crippen molar-refractivity contribution >= 4 is 17.7 Å². The Morgan fingerprint density at radius 2 is 1.62 bits per heavy atom. The summed E-state index contributed by atoms with van der Waals surface area (Å²) in [6.07, 6.45) is 0. The molecule has 0 aliphatic rings. The van der Waals surface area contributed by atoms with Gasteiger partial charge in [-0.25, -0.2) is 9.67 Å². The Labute approximate surface area is 174 Å². The van der Waals surface area contributed by atoms with E-state index in [1.54, 1.807) is 32.7 Å². The summed E-state index contributed by atoms with van der Waals surface area (Å²) in [6, 6.07) is 15.1. The summed E-state index contributed by atoms with van der Waals surface area (Å²) < 4.78 is 17.3. The van der Waals surface area contributed by atoms with E-state index in [4.69, 9.17) is 14.2 Å². The first kappa shape index (κ1) is 20.7. The first-order valence-corrected chi connectivity index (χ1v) is 10.0. The molecule has 152 valence electrons. The van der Waals surface area contributed by atoms with Crippen LogP contribution in [0, 0.1) is 0 Å². The van der Waals surface area contributed by atoms with Crippen molar-refractivity contribution in [3.63, 3.8) is 0 Å². The fourth-order valence-corrected chi connectivity index (χ4v) is 3.39. The molecule has 2 aromatic carbocycles. The minimum absolute atomic E-state index is 0.288. The van der Waals surface area contributed by atoms with Gasteiger partial charge in [0.1, 0.15) is 16.7 Å². The van der Waals surface area contributed by atoms with Crippen LogP contribution in [0.1, 0.15) is 13.8 Å². The molecule has 0 aliphatic heterocycles. The van der Waals surface area contributed by atoms with E-state index in [9.17, 15) is 4.79 Å². The molecule has 0 spiro atoms. The van der Waals surface area contributed by atoms with Crippen LogP contribution < -0.4 is 9.47 Å². The monoisotopic (exact) mass is 413 g/mol. The van der Waals surface area contributed by atoms with Crippen molar-refractivity contribution in [1.29, 1.82) is 0 Å². The highest BCUT2D eigenvalue weighted by molar-refractivity contribution is 8.00. The molecule has 0 bridgehead atoms. The number of methoxy groups -OCH3 is 2. The van der Waals surface area contributed by atoms with Gasteiger partial charge < -0.3 is 14.2 Å². The molecule has 0 saturated heterocycles. The minimum atomic E-state index is -0.412. The lowest BCUT2D eigenvalue weighted by molar-refractivity contribution is -0.142. The van der Waals surface area contributed by atoms with Crippen molar-refractivity contribution in [2.24, 2.45) is 0 Å². The molecule has 0 N–H and O–H groups in total. The predicted molar refractivity (Wildman–Crippen MR) is 112 cm³/mol. The highest BCUT2D eigenvalue weighted by atomic mass is 32.2. The van der Waals surface area contributed by atoms with Gasteiger partial charge in [0.15, 0.2) is 5.82 Å². The van der Waals surface area contributed by atoms with Gasteiger partial charge in [0.25, 0.3) is 0 Å². The van der Waals surface area contributed by atoms with Gasteiger partial charge in [-0.1, -0.05) is 11.8 Å². The van der Waals surface area contributed by atoms with Gasteiger partial charge >= 0.3 is 5.97 Å². The molecule has 0 fully saturated rings. The fourth-order valence-electron chi connectivity index (χ4n) is 2.64. The molecule has 29 heavy (non-hydrogen) atoms. The van der Waals surface area contributed by atoms with E-state index < -0.39 is 5.25 Å². The third-order valence-electron chi connectivity index (χ3n) is 4.15. The second-order valence-corrected chi connectivity index (χ2v) is 7.38. The highest BCUT2D eigenvalue weighted by Crippen LogP contribution is 2.29. The lowest BCUT2D eigenvalue weighted by atomic mass is 10.2. The predicted octanol–water partition coefficient (Wildman–Crippen LogP) is 4.00. The van der Waals surface area contributed by atoms with Gasteiger partial charge in [-0.05, 0) is 62.4 Å².